The van der Waals surface area contributed by atoms with Gasteiger partial charge in [0.25, 0.3) is 0 Å². The van der Waals surface area contributed by atoms with Gasteiger partial charge in [0.05, 0.1) is 6.10 Å². The van der Waals surface area contributed by atoms with Gasteiger partial charge in [-0.25, -0.2) is 4.79 Å². The maximum absolute atomic E-state index is 11.9. The number of aliphatic hydroxyl groups is 1. The Bertz CT molecular complexity index is 514. The van der Waals surface area contributed by atoms with Crippen LogP contribution in [0.4, 0.5) is 4.79 Å². The summed E-state index contributed by atoms with van der Waals surface area (Å²) in [4.78, 5) is 14.2. The van der Waals surface area contributed by atoms with Gasteiger partial charge in [0, 0.05) is 42.1 Å². The van der Waals surface area contributed by atoms with E-state index in [1.165, 1.54) is 4.90 Å². The van der Waals surface area contributed by atoms with Crippen molar-refractivity contribution in [3.8, 4) is 0 Å². The van der Waals surface area contributed by atoms with Crippen molar-refractivity contribution in [3.05, 3.63) is 29.8 Å². The van der Waals surface area contributed by atoms with E-state index in [1.54, 1.807) is 25.4 Å². The normalized spacial score (nSPS) is 17.1. The van der Waals surface area contributed by atoms with Crippen LogP contribution in [0.1, 0.15) is 18.4 Å². The molecule has 21 heavy (non-hydrogen) atoms. The number of rotatable bonds is 6. The van der Waals surface area contributed by atoms with E-state index in [-0.39, 0.29) is 6.03 Å². The fourth-order valence-electron chi connectivity index (χ4n) is 2.11. The van der Waals surface area contributed by atoms with Crippen LogP contribution in [0.15, 0.2) is 29.2 Å². The van der Waals surface area contributed by atoms with Gasteiger partial charge in [-0.2, -0.15) is 0 Å². The van der Waals surface area contributed by atoms with Crippen molar-refractivity contribution in [1.29, 1.82) is 0 Å². The first-order chi connectivity index (χ1) is 9.97. The molecule has 1 aliphatic rings. The van der Waals surface area contributed by atoms with Gasteiger partial charge in [0.15, 0.2) is 0 Å². The van der Waals surface area contributed by atoms with Crippen molar-refractivity contribution in [2.75, 3.05) is 19.8 Å². The maximum atomic E-state index is 11.9. The molecule has 5 nitrogen and oxygen atoms in total. The number of carbonyl (C=O) groups is 1. The second-order valence-corrected chi connectivity index (χ2v) is 6.92. The molecule has 0 aliphatic heterocycles. The Kier molecular flexibility index (Phi) is 5.36. The van der Waals surface area contributed by atoms with Gasteiger partial charge in [0.1, 0.15) is 0 Å². The van der Waals surface area contributed by atoms with Gasteiger partial charge in [0.2, 0.25) is 0 Å². The quantitative estimate of drug-likeness (QED) is 0.833. The van der Waals surface area contributed by atoms with Crippen LogP contribution >= 0.6 is 0 Å². The van der Waals surface area contributed by atoms with E-state index in [4.69, 9.17) is 0 Å². The molecule has 1 saturated carbocycles. The summed E-state index contributed by atoms with van der Waals surface area (Å²) in [7, 11) is 0.699. The molecule has 6 heteroatoms. The molecule has 1 aromatic rings. The Morgan fingerprint density at radius 1 is 1.43 bits per heavy atom. The summed E-state index contributed by atoms with van der Waals surface area (Å²) in [6.45, 7) is 0.781. The van der Waals surface area contributed by atoms with Gasteiger partial charge in [-0.1, -0.05) is 12.1 Å². The lowest BCUT2D eigenvalue weighted by atomic mass is 10.2. The highest BCUT2D eigenvalue weighted by Crippen LogP contribution is 2.32. The van der Waals surface area contributed by atoms with Crippen molar-refractivity contribution in [3.63, 3.8) is 0 Å². The number of hydrogen-bond donors (Lipinski definition) is 2. The molecule has 2 amide bonds. The van der Waals surface area contributed by atoms with E-state index >= 15 is 0 Å². The van der Waals surface area contributed by atoms with Gasteiger partial charge in [-0.15, -0.1) is 0 Å². The van der Waals surface area contributed by atoms with Crippen LogP contribution in [-0.2, 0) is 17.3 Å². The molecule has 2 unspecified atom stereocenters. The summed E-state index contributed by atoms with van der Waals surface area (Å²) in [6, 6.07) is 7.13. The fourth-order valence-corrected chi connectivity index (χ4v) is 2.62. The van der Waals surface area contributed by atoms with Crippen molar-refractivity contribution < 1.29 is 14.1 Å². The van der Waals surface area contributed by atoms with Gasteiger partial charge >= 0.3 is 6.03 Å². The molecule has 0 spiro atoms. The number of likely N-dealkylation sites (N-methyl/N-ethyl adjacent to an activating group) is 1. The first kappa shape index (κ1) is 16.0. The zero-order valence-corrected chi connectivity index (χ0v) is 13.2. The van der Waals surface area contributed by atoms with Crippen molar-refractivity contribution >= 4 is 16.8 Å². The molecule has 0 bridgehead atoms. The van der Waals surface area contributed by atoms with Crippen LogP contribution < -0.4 is 5.32 Å². The molecule has 0 saturated heterocycles. The zero-order valence-electron chi connectivity index (χ0n) is 12.4. The lowest BCUT2D eigenvalue weighted by Gasteiger charge is -2.21. The molecule has 1 aliphatic carbocycles. The first-order valence-corrected chi connectivity index (χ1v) is 8.62. The lowest BCUT2D eigenvalue weighted by molar-refractivity contribution is 0.113. The smallest absolute Gasteiger partial charge is 0.317 e. The number of hydrogen-bond acceptors (Lipinski definition) is 3. The highest BCUT2D eigenvalue weighted by Gasteiger charge is 2.31. The van der Waals surface area contributed by atoms with Crippen LogP contribution in [0.5, 0.6) is 0 Å². The first-order valence-electron chi connectivity index (χ1n) is 7.06. The van der Waals surface area contributed by atoms with Crippen LogP contribution in [0, 0.1) is 5.92 Å². The SMILES string of the molecule is CN(CC(O)C1CC1)C(=O)NCc1ccc(S(C)=O)cc1. The average molecular weight is 310 g/mol. The molecular weight excluding hydrogens is 288 g/mol. The van der Waals surface area contributed by atoms with Crippen molar-refractivity contribution in [2.24, 2.45) is 5.92 Å². The van der Waals surface area contributed by atoms with Crippen LogP contribution in [0.2, 0.25) is 0 Å². The monoisotopic (exact) mass is 310 g/mol. The average Bonchev–Trinajstić information content (AvgIpc) is 3.29. The third-order valence-electron chi connectivity index (χ3n) is 3.67. The molecule has 0 radical (unpaired) electrons. The van der Waals surface area contributed by atoms with E-state index in [9.17, 15) is 14.1 Å². The minimum atomic E-state index is -0.986. The molecule has 2 atom stereocenters. The number of urea groups is 1. The third-order valence-corrected chi connectivity index (χ3v) is 4.61. The number of benzene rings is 1. The highest BCUT2D eigenvalue weighted by atomic mass is 32.2. The van der Waals surface area contributed by atoms with Gasteiger partial charge in [-0.3, -0.25) is 4.21 Å². The Labute approximate surface area is 127 Å². The van der Waals surface area contributed by atoms with E-state index in [0.717, 1.165) is 23.3 Å². The summed E-state index contributed by atoms with van der Waals surface area (Å²) in [6.07, 6.45) is 3.33. The van der Waals surface area contributed by atoms with Crippen LogP contribution in [0.25, 0.3) is 0 Å². The van der Waals surface area contributed by atoms with Crippen LogP contribution in [-0.4, -0.2) is 46.2 Å². The summed E-state index contributed by atoms with van der Waals surface area (Å²) < 4.78 is 11.3. The number of aliphatic hydroxyl groups excluding tert-OH is 1. The lowest BCUT2D eigenvalue weighted by Crippen LogP contribution is -2.41. The van der Waals surface area contributed by atoms with E-state index in [2.05, 4.69) is 5.32 Å². The second kappa shape index (κ2) is 7.04. The Morgan fingerprint density at radius 3 is 2.57 bits per heavy atom. The summed E-state index contributed by atoms with van der Waals surface area (Å²) >= 11 is 0. The zero-order chi connectivity index (χ0) is 15.4. The largest absolute Gasteiger partial charge is 0.391 e. The second-order valence-electron chi connectivity index (χ2n) is 5.54. The standard InChI is InChI=1S/C15H22N2O3S/c1-17(10-14(18)12-5-6-12)15(19)16-9-11-3-7-13(8-4-11)21(2)20/h3-4,7-8,12,14,18H,5-6,9-10H2,1-2H3,(H,16,19). The minimum Gasteiger partial charge on any atom is -0.391 e. The molecule has 2 N–H and O–H groups in total. The molecular formula is C15H22N2O3S. The Balaban J connectivity index is 1.78. The molecule has 1 fully saturated rings. The van der Waals surface area contributed by atoms with E-state index in [0.29, 0.717) is 19.0 Å². The van der Waals surface area contributed by atoms with E-state index in [1.807, 2.05) is 12.1 Å². The summed E-state index contributed by atoms with van der Waals surface area (Å²) in [5.41, 5.74) is 0.952. The van der Waals surface area contributed by atoms with Gasteiger partial charge < -0.3 is 15.3 Å². The molecule has 0 heterocycles. The van der Waals surface area contributed by atoms with E-state index < -0.39 is 16.9 Å². The Morgan fingerprint density at radius 2 is 2.05 bits per heavy atom. The molecule has 116 valence electrons. The van der Waals surface area contributed by atoms with Gasteiger partial charge in [-0.05, 0) is 36.5 Å². The third kappa shape index (κ3) is 4.82. The number of nitrogens with one attached hydrogen (secondary N) is 1. The van der Waals surface area contributed by atoms with Crippen LogP contribution in [0.3, 0.4) is 0 Å². The highest BCUT2D eigenvalue weighted by molar-refractivity contribution is 7.84. The number of amides is 2. The summed E-state index contributed by atoms with van der Waals surface area (Å²) in [5, 5.41) is 12.6. The molecule has 1 aromatic carbocycles. The van der Waals surface area contributed by atoms with Crippen molar-refractivity contribution in [2.45, 2.75) is 30.4 Å². The number of carbonyl (C=O) groups excluding carboxylic acids is 1. The number of nitrogens with zero attached hydrogens (tertiary/aromatic N) is 1. The summed E-state index contributed by atoms with van der Waals surface area (Å²) in [5.74, 6) is 0.364. The Hall–Kier alpha value is -1.40. The maximum Gasteiger partial charge on any atom is 0.317 e. The minimum absolute atomic E-state index is 0.196. The topological polar surface area (TPSA) is 69.6 Å². The molecule has 0 aromatic heterocycles. The predicted molar refractivity (Wildman–Crippen MR) is 82.4 cm³/mol. The predicted octanol–water partition coefficient (Wildman–Crippen LogP) is 1.34. The van der Waals surface area contributed by atoms with Crippen molar-refractivity contribution in [1.82, 2.24) is 10.2 Å². The molecule has 2 rings (SSSR count). The fraction of sp³-hybridized carbons (Fsp3) is 0.533.